The molecule has 0 spiro atoms. The quantitative estimate of drug-likeness (QED) is 0.0629. The van der Waals surface area contributed by atoms with Crippen molar-refractivity contribution in [3.63, 3.8) is 0 Å². The van der Waals surface area contributed by atoms with Crippen LogP contribution in [0.3, 0.4) is 0 Å². The van der Waals surface area contributed by atoms with Crippen LogP contribution in [0.15, 0.2) is 0 Å². The third kappa shape index (κ3) is 34.9. The van der Waals surface area contributed by atoms with E-state index in [-0.39, 0.29) is 0 Å². The summed E-state index contributed by atoms with van der Waals surface area (Å²) in [7, 11) is 0. The fourth-order valence-corrected chi connectivity index (χ4v) is 8.04. The molecule has 0 aliphatic carbocycles. The van der Waals surface area contributed by atoms with Crippen LogP contribution in [0.1, 0.15) is 245 Å². The smallest absolute Gasteiger partial charge is 0.316 e. The Morgan fingerprint density at radius 2 is 0.511 bits per heavy atom. The number of carbonyl (C=O) groups is 2. The first-order valence-corrected chi connectivity index (χ1v) is 22.1. The van der Waals surface area contributed by atoms with Crippen LogP contribution < -0.4 is 0 Å². The lowest BCUT2D eigenvalue weighted by Crippen LogP contribution is -2.25. The number of aliphatic carboxylic acids is 2. The van der Waals surface area contributed by atoms with Crippen LogP contribution in [0.4, 0.5) is 0 Å². The molecule has 280 valence electrons. The van der Waals surface area contributed by atoms with Gasteiger partial charge < -0.3 is 10.2 Å². The van der Waals surface area contributed by atoms with Gasteiger partial charge in [-0.05, 0) is 12.8 Å². The van der Waals surface area contributed by atoms with Crippen LogP contribution in [0, 0.1) is 0 Å². The standard InChI is InChI=1S/C42H82O4S/c1-3-5-7-9-11-13-15-17-19-21-23-25-27-29-31-33-35-37-39(41(43)44)47-40(42(45)46)38-36-34-32-30-28-26-24-22-20-18-16-14-12-10-8-6-4-2/h39-40H,3-38H2,1-2H3,(H,43,44)(H,45,46). The van der Waals surface area contributed by atoms with Gasteiger partial charge >= 0.3 is 11.9 Å². The van der Waals surface area contributed by atoms with E-state index >= 15 is 0 Å². The molecule has 0 rings (SSSR count). The highest BCUT2D eigenvalue weighted by atomic mass is 32.2. The van der Waals surface area contributed by atoms with Gasteiger partial charge in [-0.2, -0.15) is 0 Å². The number of carboxylic acids is 2. The summed E-state index contributed by atoms with van der Waals surface area (Å²) < 4.78 is 0. The second-order valence-corrected chi connectivity index (χ2v) is 16.1. The number of unbranched alkanes of at least 4 members (excludes halogenated alkanes) is 32. The lowest BCUT2D eigenvalue weighted by atomic mass is 10.0. The van der Waals surface area contributed by atoms with Gasteiger partial charge in [-0.15, -0.1) is 11.8 Å². The van der Waals surface area contributed by atoms with Gasteiger partial charge in [-0.3, -0.25) is 9.59 Å². The van der Waals surface area contributed by atoms with Crippen LogP contribution in [0.25, 0.3) is 0 Å². The predicted molar refractivity (Wildman–Crippen MR) is 208 cm³/mol. The molecule has 2 atom stereocenters. The number of rotatable bonds is 40. The van der Waals surface area contributed by atoms with Crippen LogP contribution in [0.2, 0.25) is 0 Å². The first-order chi connectivity index (χ1) is 23.0. The lowest BCUT2D eigenvalue weighted by molar-refractivity contribution is -0.136. The van der Waals surface area contributed by atoms with Gasteiger partial charge in [-0.25, -0.2) is 0 Å². The van der Waals surface area contributed by atoms with Crippen molar-refractivity contribution >= 4 is 23.7 Å². The lowest BCUT2D eigenvalue weighted by Gasteiger charge is -2.18. The minimum absolute atomic E-state index is 0.585. The zero-order valence-corrected chi connectivity index (χ0v) is 32.5. The molecule has 0 aromatic heterocycles. The first-order valence-electron chi connectivity index (χ1n) is 21.1. The van der Waals surface area contributed by atoms with Crippen LogP contribution >= 0.6 is 11.8 Å². The van der Waals surface area contributed by atoms with E-state index in [4.69, 9.17) is 0 Å². The largest absolute Gasteiger partial charge is 0.480 e. The zero-order chi connectivity index (χ0) is 34.5. The Kier molecular flexibility index (Phi) is 37.5. The van der Waals surface area contributed by atoms with Gasteiger partial charge in [0.05, 0.1) is 0 Å². The maximum atomic E-state index is 11.9. The Labute approximate surface area is 298 Å². The summed E-state index contributed by atoms with van der Waals surface area (Å²) in [5.41, 5.74) is 0. The van der Waals surface area contributed by atoms with E-state index < -0.39 is 22.4 Å². The fraction of sp³-hybridized carbons (Fsp3) is 0.952. The van der Waals surface area contributed by atoms with Crippen molar-refractivity contribution < 1.29 is 19.8 Å². The monoisotopic (exact) mass is 683 g/mol. The molecule has 0 aliphatic rings. The molecule has 0 bridgehead atoms. The molecule has 0 aromatic carbocycles. The molecule has 47 heavy (non-hydrogen) atoms. The average molecular weight is 683 g/mol. The van der Waals surface area contributed by atoms with Gasteiger partial charge in [0.25, 0.3) is 0 Å². The molecule has 0 amide bonds. The number of carboxylic acid groups (broad SMARTS) is 2. The van der Waals surface area contributed by atoms with E-state index in [1.807, 2.05) is 0 Å². The Morgan fingerprint density at radius 1 is 0.340 bits per heavy atom. The first kappa shape index (κ1) is 46.3. The topological polar surface area (TPSA) is 74.6 Å². The van der Waals surface area contributed by atoms with E-state index in [2.05, 4.69) is 13.8 Å². The van der Waals surface area contributed by atoms with E-state index in [1.54, 1.807) is 0 Å². The van der Waals surface area contributed by atoms with E-state index in [9.17, 15) is 19.8 Å². The Hall–Kier alpha value is -0.710. The Morgan fingerprint density at radius 3 is 0.681 bits per heavy atom. The van der Waals surface area contributed by atoms with E-state index in [0.717, 1.165) is 38.5 Å². The molecule has 0 heterocycles. The summed E-state index contributed by atoms with van der Waals surface area (Å²) >= 11 is 1.18. The molecular formula is C42H82O4S. The molecule has 0 aliphatic heterocycles. The predicted octanol–water partition coefficient (Wildman–Crippen LogP) is 14.7. The minimum Gasteiger partial charge on any atom is -0.480 e. The summed E-state index contributed by atoms with van der Waals surface area (Å²) in [6.07, 6.45) is 45.7. The Balaban J connectivity index is 3.70. The van der Waals surface area contributed by atoms with Gasteiger partial charge in [0.15, 0.2) is 0 Å². The van der Waals surface area contributed by atoms with Crippen LogP contribution in [-0.4, -0.2) is 32.7 Å². The molecule has 0 radical (unpaired) electrons. The summed E-state index contributed by atoms with van der Waals surface area (Å²) in [6, 6.07) is 0. The van der Waals surface area contributed by atoms with Crippen molar-refractivity contribution in [1.29, 1.82) is 0 Å². The van der Waals surface area contributed by atoms with Gasteiger partial charge in [-0.1, -0.05) is 232 Å². The van der Waals surface area contributed by atoms with Crippen molar-refractivity contribution in [2.24, 2.45) is 0 Å². The van der Waals surface area contributed by atoms with Crippen LogP contribution in [0.5, 0.6) is 0 Å². The van der Waals surface area contributed by atoms with Gasteiger partial charge in [0, 0.05) is 0 Å². The third-order valence-corrected chi connectivity index (χ3v) is 11.6. The second kappa shape index (κ2) is 38.1. The van der Waals surface area contributed by atoms with E-state index in [0.29, 0.717) is 12.8 Å². The number of thioether (sulfide) groups is 1. The molecule has 4 nitrogen and oxygen atoms in total. The Bertz CT molecular complexity index is 601. The van der Waals surface area contributed by atoms with Crippen molar-refractivity contribution in [1.82, 2.24) is 0 Å². The van der Waals surface area contributed by atoms with Crippen molar-refractivity contribution in [3.8, 4) is 0 Å². The molecule has 0 saturated carbocycles. The molecule has 0 saturated heterocycles. The van der Waals surface area contributed by atoms with Crippen molar-refractivity contribution in [2.75, 3.05) is 0 Å². The number of hydrogen-bond donors (Lipinski definition) is 2. The second-order valence-electron chi connectivity index (χ2n) is 14.7. The SMILES string of the molecule is CCCCCCCCCCCCCCCCCCCC(SC(CCCCCCCCCCCCCCCCCCC)C(=O)O)C(=O)O. The molecular weight excluding hydrogens is 601 g/mol. The van der Waals surface area contributed by atoms with Crippen molar-refractivity contribution in [3.05, 3.63) is 0 Å². The highest BCUT2D eigenvalue weighted by Gasteiger charge is 2.27. The highest BCUT2D eigenvalue weighted by molar-refractivity contribution is 8.01. The molecule has 0 fully saturated rings. The fourth-order valence-electron chi connectivity index (χ4n) is 6.81. The van der Waals surface area contributed by atoms with Crippen molar-refractivity contribution in [2.45, 2.75) is 255 Å². The highest BCUT2D eigenvalue weighted by Crippen LogP contribution is 2.28. The maximum absolute atomic E-state index is 11.9. The average Bonchev–Trinajstić information content (AvgIpc) is 3.05. The summed E-state index contributed by atoms with van der Waals surface area (Å²) in [4.78, 5) is 23.8. The molecule has 2 unspecified atom stereocenters. The summed E-state index contributed by atoms with van der Waals surface area (Å²) in [5.74, 6) is -1.69. The molecule has 5 heteroatoms. The normalized spacial score (nSPS) is 12.8. The number of hydrogen-bond acceptors (Lipinski definition) is 3. The van der Waals surface area contributed by atoms with Gasteiger partial charge in [0.2, 0.25) is 0 Å². The minimum atomic E-state index is -0.847. The van der Waals surface area contributed by atoms with E-state index in [1.165, 1.54) is 192 Å². The summed E-state index contributed by atoms with van der Waals surface area (Å²) in [5, 5.41) is 18.3. The third-order valence-electron chi connectivity index (χ3n) is 10.0. The maximum Gasteiger partial charge on any atom is 0.316 e. The van der Waals surface area contributed by atoms with Crippen LogP contribution in [-0.2, 0) is 9.59 Å². The zero-order valence-electron chi connectivity index (χ0n) is 31.7. The molecule has 2 N–H and O–H groups in total. The summed E-state index contributed by atoms with van der Waals surface area (Å²) in [6.45, 7) is 4.55. The molecule has 0 aromatic rings. The van der Waals surface area contributed by atoms with Gasteiger partial charge in [0.1, 0.15) is 10.5 Å².